The largest absolute Gasteiger partial charge is 0.381 e. The molecular weight excluding hydrogens is 178 g/mol. The van der Waals surface area contributed by atoms with Crippen LogP contribution >= 0.6 is 0 Å². The summed E-state index contributed by atoms with van der Waals surface area (Å²) in [6, 6.07) is 1.37. The molecule has 0 bridgehead atoms. The van der Waals surface area contributed by atoms with E-state index in [-0.39, 0.29) is 0 Å². The van der Waals surface area contributed by atoms with Crippen molar-refractivity contribution in [1.29, 1.82) is 0 Å². The molecule has 3 heteroatoms. The van der Waals surface area contributed by atoms with Crippen molar-refractivity contribution in [3.05, 3.63) is 0 Å². The third-order valence-corrected chi connectivity index (χ3v) is 3.14. The minimum absolute atomic E-state index is 0.681. The molecule has 2 rings (SSSR count). The van der Waals surface area contributed by atoms with Crippen molar-refractivity contribution in [2.24, 2.45) is 0 Å². The van der Waals surface area contributed by atoms with Gasteiger partial charge in [-0.05, 0) is 32.1 Å². The topological polar surface area (TPSA) is 30.5 Å². The molecule has 2 saturated heterocycles. The van der Waals surface area contributed by atoms with Crippen molar-refractivity contribution in [2.75, 3.05) is 26.4 Å². The molecule has 0 amide bonds. The van der Waals surface area contributed by atoms with E-state index in [0.717, 1.165) is 26.4 Å². The summed E-state index contributed by atoms with van der Waals surface area (Å²) >= 11 is 0. The Morgan fingerprint density at radius 3 is 2.00 bits per heavy atom. The van der Waals surface area contributed by atoms with E-state index in [1.54, 1.807) is 0 Å². The van der Waals surface area contributed by atoms with Gasteiger partial charge in [-0.2, -0.15) is 0 Å². The van der Waals surface area contributed by atoms with Gasteiger partial charge in [0, 0.05) is 38.5 Å². The first-order valence-corrected chi connectivity index (χ1v) is 5.87. The first-order chi connectivity index (χ1) is 6.95. The lowest BCUT2D eigenvalue weighted by atomic mass is 10.0. The highest BCUT2D eigenvalue weighted by atomic mass is 16.5. The van der Waals surface area contributed by atoms with Crippen LogP contribution in [0.15, 0.2) is 0 Å². The monoisotopic (exact) mass is 199 g/mol. The van der Waals surface area contributed by atoms with Crippen molar-refractivity contribution < 1.29 is 9.47 Å². The molecule has 0 aromatic carbocycles. The van der Waals surface area contributed by atoms with E-state index in [4.69, 9.17) is 9.47 Å². The fourth-order valence-corrected chi connectivity index (χ4v) is 2.27. The van der Waals surface area contributed by atoms with Gasteiger partial charge in [0.25, 0.3) is 0 Å². The highest BCUT2D eigenvalue weighted by Crippen LogP contribution is 2.13. The molecule has 2 aliphatic heterocycles. The van der Waals surface area contributed by atoms with Crippen molar-refractivity contribution in [2.45, 2.75) is 44.2 Å². The van der Waals surface area contributed by atoms with Gasteiger partial charge in [0.1, 0.15) is 0 Å². The Balaban J connectivity index is 1.71. The zero-order valence-electron chi connectivity index (χ0n) is 8.84. The summed E-state index contributed by atoms with van der Waals surface area (Å²) in [5.74, 6) is 0. The van der Waals surface area contributed by atoms with E-state index >= 15 is 0 Å². The second kappa shape index (κ2) is 5.69. The van der Waals surface area contributed by atoms with Gasteiger partial charge in [-0.3, -0.25) is 0 Å². The molecule has 2 fully saturated rings. The molecule has 0 radical (unpaired) electrons. The Morgan fingerprint density at radius 1 is 0.714 bits per heavy atom. The van der Waals surface area contributed by atoms with Crippen molar-refractivity contribution in [1.82, 2.24) is 5.32 Å². The average molecular weight is 199 g/mol. The zero-order chi connectivity index (χ0) is 9.64. The van der Waals surface area contributed by atoms with Crippen LogP contribution in [-0.2, 0) is 9.47 Å². The first-order valence-electron chi connectivity index (χ1n) is 5.87. The highest BCUT2D eigenvalue weighted by Gasteiger charge is 2.19. The van der Waals surface area contributed by atoms with E-state index in [9.17, 15) is 0 Å². The maximum Gasteiger partial charge on any atom is 0.0480 e. The van der Waals surface area contributed by atoms with E-state index in [0.29, 0.717) is 12.1 Å². The predicted octanol–water partition coefficient (Wildman–Crippen LogP) is 1.32. The number of nitrogens with one attached hydrogen (secondary N) is 1. The van der Waals surface area contributed by atoms with Crippen LogP contribution in [0.25, 0.3) is 0 Å². The van der Waals surface area contributed by atoms with Crippen LogP contribution in [0.4, 0.5) is 0 Å². The van der Waals surface area contributed by atoms with Crippen molar-refractivity contribution in [3.63, 3.8) is 0 Å². The third-order valence-electron chi connectivity index (χ3n) is 3.14. The summed E-state index contributed by atoms with van der Waals surface area (Å²) < 4.78 is 10.8. The Kier molecular flexibility index (Phi) is 4.22. The minimum Gasteiger partial charge on any atom is -0.381 e. The van der Waals surface area contributed by atoms with E-state index in [1.165, 1.54) is 32.1 Å². The van der Waals surface area contributed by atoms with Gasteiger partial charge in [0.2, 0.25) is 0 Å². The number of hydrogen-bond donors (Lipinski definition) is 1. The minimum atomic E-state index is 0.681. The molecular formula is C11H21NO2. The predicted molar refractivity (Wildman–Crippen MR) is 55.4 cm³/mol. The molecule has 1 unspecified atom stereocenters. The molecule has 14 heavy (non-hydrogen) atoms. The molecule has 0 spiro atoms. The summed E-state index contributed by atoms with van der Waals surface area (Å²) in [4.78, 5) is 0. The Labute approximate surface area is 86.2 Å². The molecule has 82 valence electrons. The van der Waals surface area contributed by atoms with Gasteiger partial charge in [-0.1, -0.05) is 0 Å². The number of ether oxygens (including phenoxy) is 2. The summed E-state index contributed by atoms with van der Waals surface area (Å²) in [5, 5.41) is 3.74. The lowest BCUT2D eigenvalue weighted by Gasteiger charge is -2.27. The maximum atomic E-state index is 5.45. The molecule has 1 N–H and O–H groups in total. The second-order valence-electron chi connectivity index (χ2n) is 4.29. The van der Waals surface area contributed by atoms with Gasteiger partial charge in [0.05, 0.1) is 0 Å². The van der Waals surface area contributed by atoms with Crippen molar-refractivity contribution in [3.8, 4) is 0 Å². The number of hydrogen-bond acceptors (Lipinski definition) is 3. The third kappa shape index (κ3) is 3.23. The Bertz CT molecular complexity index is 149. The lowest BCUT2D eigenvalue weighted by Crippen LogP contribution is -2.41. The van der Waals surface area contributed by atoms with Crippen LogP contribution in [0, 0.1) is 0 Å². The number of rotatable bonds is 2. The van der Waals surface area contributed by atoms with Crippen molar-refractivity contribution >= 4 is 0 Å². The van der Waals surface area contributed by atoms with E-state index in [2.05, 4.69) is 5.32 Å². The summed E-state index contributed by atoms with van der Waals surface area (Å²) in [7, 11) is 0. The summed E-state index contributed by atoms with van der Waals surface area (Å²) in [6.45, 7) is 3.74. The molecule has 2 heterocycles. The van der Waals surface area contributed by atoms with Crippen LogP contribution < -0.4 is 5.32 Å². The van der Waals surface area contributed by atoms with Gasteiger partial charge in [-0.15, -0.1) is 0 Å². The second-order valence-corrected chi connectivity index (χ2v) is 4.29. The molecule has 1 atom stereocenters. The fraction of sp³-hybridized carbons (Fsp3) is 1.00. The smallest absolute Gasteiger partial charge is 0.0480 e. The van der Waals surface area contributed by atoms with Gasteiger partial charge >= 0.3 is 0 Å². The quantitative estimate of drug-likeness (QED) is 0.727. The normalized spacial score (nSPS) is 31.3. The Hall–Kier alpha value is -0.120. The van der Waals surface area contributed by atoms with Crippen LogP contribution in [0.2, 0.25) is 0 Å². The summed E-state index contributed by atoms with van der Waals surface area (Å²) in [6.07, 6.45) is 6.02. The standard InChI is InChI=1S/C11H21NO2/c1-2-10(3-7-13-6-1)12-11-4-8-14-9-5-11/h10-12H,1-9H2. The van der Waals surface area contributed by atoms with Crippen LogP contribution in [-0.4, -0.2) is 38.5 Å². The van der Waals surface area contributed by atoms with E-state index < -0.39 is 0 Å². The fourth-order valence-electron chi connectivity index (χ4n) is 2.27. The highest BCUT2D eigenvalue weighted by molar-refractivity contribution is 4.77. The molecule has 2 aliphatic rings. The molecule has 0 aromatic rings. The van der Waals surface area contributed by atoms with Gasteiger partial charge in [0.15, 0.2) is 0 Å². The Morgan fingerprint density at radius 2 is 1.29 bits per heavy atom. The molecule has 0 saturated carbocycles. The zero-order valence-corrected chi connectivity index (χ0v) is 8.84. The molecule has 0 aromatic heterocycles. The molecule has 3 nitrogen and oxygen atoms in total. The van der Waals surface area contributed by atoms with E-state index in [1.807, 2.05) is 0 Å². The van der Waals surface area contributed by atoms with Gasteiger partial charge < -0.3 is 14.8 Å². The van der Waals surface area contributed by atoms with Crippen LogP contribution in [0.3, 0.4) is 0 Å². The van der Waals surface area contributed by atoms with Gasteiger partial charge in [-0.25, -0.2) is 0 Å². The molecule has 0 aliphatic carbocycles. The lowest BCUT2D eigenvalue weighted by molar-refractivity contribution is 0.0737. The SMILES string of the molecule is C1COCCC(NC2CCOCC2)C1. The maximum absolute atomic E-state index is 5.45. The average Bonchev–Trinajstić information content (AvgIpc) is 2.48. The van der Waals surface area contributed by atoms with Crippen LogP contribution in [0.5, 0.6) is 0 Å². The first kappa shape index (κ1) is 10.4. The van der Waals surface area contributed by atoms with Crippen LogP contribution in [0.1, 0.15) is 32.1 Å². The summed E-state index contributed by atoms with van der Waals surface area (Å²) in [5.41, 5.74) is 0.